The fourth-order valence-corrected chi connectivity index (χ4v) is 2.86. The van der Waals surface area contributed by atoms with Crippen LogP contribution in [0, 0.1) is 5.82 Å². The molecule has 0 aliphatic heterocycles. The van der Waals surface area contributed by atoms with Gasteiger partial charge >= 0.3 is 0 Å². The highest BCUT2D eigenvalue weighted by atomic mass is 79.9. The molecule has 0 saturated carbocycles. The maximum absolute atomic E-state index is 13.3. The maximum Gasteiger partial charge on any atom is 0.147 e. The Morgan fingerprint density at radius 2 is 1.90 bits per heavy atom. The van der Waals surface area contributed by atoms with Crippen LogP contribution in [0.25, 0.3) is 0 Å². The van der Waals surface area contributed by atoms with Gasteiger partial charge in [0, 0.05) is 15.8 Å². The molecule has 0 N–H and O–H groups in total. The number of thioether (sulfide) groups is 1. The number of carbonyl (C=O) groups excluding carboxylic acids is 1. The van der Waals surface area contributed by atoms with Gasteiger partial charge in [-0.05, 0) is 35.9 Å². The molecule has 2 rings (SSSR count). The van der Waals surface area contributed by atoms with E-state index in [4.69, 9.17) is 11.6 Å². The van der Waals surface area contributed by atoms with Crippen molar-refractivity contribution < 1.29 is 9.18 Å². The first kappa shape index (κ1) is 15.5. The van der Waals surface area contributed by atoms with Gasteiger partial charge in [0.05, 0.1) is 10.8 Å². The first-order chi connectivity index (χ1) is 9.56. The first-order valence-corrected chi connectivity index (χ1v) is 8.05. The Labute approximate surface area is 134 Å². The highest BCUT2D eigenvalue weighted by Crippen LogP contribution is 2.23. The molecular weight excluding hydrogens is 363 g/mol. The maximum atomic E-state index is 13.3. The Morgan fingerprint density at radius 1 is 1.20 bits per heavy atom. The van der Waals surface area contributed by atoms with Crippen LogP contribution in [-0.4, -0.2) is 11.5 Å². The smallest absolute Gasteiger partial charge is 0.147 e. The normalized spacial score (nSPS) is 10.6. The van der Waals surface area contributed by atoms with Crippen molar-refractivity contribution in [3.8, 4) is 0 Å². The van der Waals surface area contributed by atoms with Gasteiger partial charge in [0.1, 0.15) is 11.6 Å². The quantitative estimate of drug-likeness (QED) is 0.675. The Morgan fingerprint density at radius 3 is 2.60 bits per heavy atom. The predicted molar refractivity (Wildman–Crippen MR) is 85.0 cm³/mol. The van der Waals surface area contributed by atoms with E-state index in [1.54, 1.807) is 12.1 Å². The lowest BCUT2D eigenvalue weighted by atomic mass is 10.1. The molecule has 2 aromatic rings. The molecule has 20 heavy (non-hydrogen) atoms. The lowest BCUT2D eigenvalue weighted by Gasteiger charge is -2.05. The highest BCUT2D eigenvalue weighted by Gasteiger charge is 2.10. The number of benzene rings is 2. The second kappa shape index (κ2) is 7.25. The standard InChI is InChI=1S/C15H11BrClFOS/c16-11-4-6-13(7-5-11)20-9-12(19)8-10-2-1-3-14(18)15(10)17/h1-7H,8-9H2. The summed E-state index contributed by atoms with van der Waals surface area (Å²) in [4.78, 5) is 12.9. The van der Waals surface area contributed by atoms with Crippen LogP contribution in [0.15, 0.2) is 51.8 Å². The van der Waals surface area contributed by atoms with Gasteiger partial charge in [0.15, 0.2) is 0 Å². The van der Waals surface area contributed by atoms with E-state index < -0.39 is 5.82 Å². The summed E-state index contributed by atoms with van der Waals surface area (Å²) in [5, 5.41) is 0.0366. The molecular formula is C15H11BrClFOS. The number of rotatable bonds is 5. The van der Waals surface area contributed by atoms with Gasteiger partial charge in [-0.2, -0.15) is 0 Å². The molecule has 0 aliphatic rings. The molecule has 0 fully saturated rings. The summed E-state index contributed by atoms with van der Waals surface area (Å²) in [6.45, 7) is 0. The minimum atomic E-state index is -0.488. The van der Waals surface area contributed by atoms with Crippen LogP contribution in [0.2, 0.25) is 5.02 Å². The number of Topliss-reactive ketones (excluding diaryl/α,β-unsaturated/α-hetero) is 1. The van der Waals surface area contributed by atoms with Gasteiger partial charge in [-0.3, -0.25) is 4.79 Å². The Kier molecular flexibility index (Phi) is 5.64. The molecule has 104 valence electrons. The molecule has 0 heterocycles. The molecule has 0 radical (unpaired) electrons. The molecule has 1 nitrogen and oxygen atoms in total. The van der Waals surface area contributed by atoms with Crippen molar-refractivity contribution in [2.24, 2.45) is 0 Å². The van der Waals surface area contributed by atoms with Crippen LogP contribution in [0.4, 0.5) is 4.39 Å². The summed E-state index contributed by atoms with van der Waals surface area (Å²) in [7, 11) is 0. The van der Waals surface area contributed by atoms with Crippen LogP contribution in [0.1, 0.15) is 5.56 Å². The monoisotopic (exact) mass is 372 g/mol. The molecule has 5 heteroatoms. The number of hydrogen-bond acceptors (Lipinski definition) is 2. The third kappa shape index (κ3) is 4.33. The second-order valence-corrected chi connectivity index (χ2v) is 6.51. The highest BCUT2D eigenvalue weighted by molar-refractivity contribution is 9.10. The molecule has 0 spiro atoms. The van der Waals surface area contributed by atoms with Crippen LogP contribution < -0.4 is 0 Å². The van der Waals surface area contributed by atoms with E-state index in [-0.39, 0.29) is 17.2 Å². The van der Waals surface area contributed by atoms with Gasteiger partial charge < -0.3 is 0 Å². The van der Waals surface area contributed by atoms with Gasteiger partial charge in [0.2, 0.25) is 0 Å². The average molecular weight is 374 g/mol. The van der Waals surface area contributed by atoms with Crippen LogP contribution in [0.5, 0.6) is 0 Å². The van der Waals surface area contributed by atoms with Crippen molar-refractivity contribution in [1.82, 2.24) is 0 Å². The van der Waals surface area contributed by atoms with Crippen LogP contribution >= 0.6 is 39.3 Å². The third-order valence-electron chi connectivity index (χ3n) is 2.63. The van der Waals surface area contributed by atoms with E-state index in [0.717, 1.165) is 9.37 Å². The Balaban J connectivity index is 1.92. The summed E-state index contributed by atoms with van der Waals surface area (Å²) in [5.41, 5.74) is 0.535. The molecule has 0 atom stereocenters. The topological polar surface area (TPSA) is 17.1 Å². The van der Waals surface area contributed by atoms with Crippen molar-refractivity contribution in [1.29, 1.82) is 0 Å². The molecule has 0 aromatic heterocycles. The number of ketones is 1. The van der Waals surface area contributed by atoms with E-state index in [2.05, 4.69) is 15.9 Å². The Bertz CT molecular complexity index is 616. The van der Waals surface area contributed by atoms with E-state index in [1.165, 1.54) is 17.8 Å². The van der Waals surface area contributed by atoms with Crippen molar-refractivity contribution in [2.45, 2.75) is 11.3 Å². The second-order valence-electron chi connectivity index (χ2n) is 4.17. The summed E-state index contributed by atoms with van der Waals surface area (Å²) in [5.74, 6) is -0.128. The Hall–Kier alpha value is -0.840. The van der Waals surface area contributed by atoms with Crippen molar-refractivity contribution in [2.75, 3.05) is 5.75 Å². The van der Waals surface area contributed by atoms with Crippen molar-refractivity contribution in [3.05, 3.63) is 63.3 Å². The molecule has 0 bridgehead atoms. The minimum absolute atomic E-state index is 0.0189. The number of halogens is 3. The summed E-state index contributed by atoms with van der Waals surface area (Å²) < 4.78 is 14.3. The molecule has 0 unspecified atom stereocenters. The van der Waals surface area contributed by atoms with Gasteiger partial charge in [-0.15, -0.1) is 11.8 Å². The average Bonchev–Trinajstić information content (AvgIpc) is 2.43. The fraction of sp³-hybridized carbons (Fsp3) is 0.133. The van der Waals surface area contributed by atoms with E-state index in [0.29, 0.717) is 11.3 Å². The summed E-state index contributed by atoms with van der Waals surface area (Å²) in [6, 6.07) is 12.3. The lowest BCUT2D eigenvalue weighted by molar-refractivity contribution is -0.116. The van der Waals surface area contributed by atoms with Gasteiger partial charge in [-0.25, -0.2) is 4.39 Å². The van der Waals surface area contributed by atoms with E-state index in [1.807, 2.05) is 24.3 Å². The first-order valence-electron chi connectivity index (χ1n) is 5.89. The van der Waals surface area contributed by atoms with Crippen LogP contribution in [0.3, 0.4) is 0 Å². The fourth-order valence-electron chi connectivity index (χ4n) is 1.64. The predicted octanol–water partition coefficient (Wildman–Crippen LogP) is 5.15. The van der Waals surface area contributed by atoms with E-state index >= 15 is 0 Å². The van der Waals surface area contributed by atoms with Gasteiger partial charge in [0.25, 0.3) is 0 Å². The molecule has 0 aliphatic carbocycles. The van der Waals surface area contributed by atoms with E-state index in [9.17, 15) is 9.18 Å². The third-order valence-corrected chi connectivity index (χ3v) is 4.66. The molecule has 0 saturated heterocycles. The SMILES string of the molecule is O=C(CSc1ccc(Br)cc1)Cc1cccc(F)c1Cl. The summed E-state index contributed by atoms with van der Waals surface area (Å²) >= 11 is 10.7. The zero-order valence-electron chi connectivity index (χ0n) is 10.4. The zero-order valence-corrected chi connectivity index (χ0v) is 13.6. The van der Waals surface area contributed by atoms with Crippen LogP contribution in [-0.2, 0) is 11.2 Å². The van der Waals surface area contributed by atoms with Gasteiger partial charge in [-0.1, -0.05) is 39.7 Å². The molecule has 2 aromatic carbocycles. The molecule has 0 amide bonds. The lowest BCUT2D eigenvalue weighted by Crippen LogP contribution is -2.06. The minimum Gasteiger partial charge on any atom is -0.298 e. The van der Waals surface area contributed by atoms with Crippen molar-refractivity contribution in [3.63, 3.8) is 0 Å². The summed E-state index contributed by atoms with van der Waals surface area (Å²) in [6.07, 6.45) is 0.153. The zero-order chi connectivity index (χ0) is 14.5. The number of hydrogen-bond donors (Lipinski definition) is 0. The number of carbonyl (C=O) groups is 1. The largest absolute Gasteiger partial charge is 0.298 e. The van der Waals surface area contributed by atoms with Crippen molar-refractivity contribution >= 4 is 45.1 Å².